The first-order valence-electron chi connectivity index (χ1n) is 7.61. The van der Waals surface area contributed by atoms with E-state index in [1.54, 1.807) is 6.07 Å². The summed E-state index contributed by atoms with van der Waals surface area (Å²) in [7, 11) is 1.31. The summed E-state index contributed by atoms with van der Waals surface area (Å²) < 4.78 is 43.5. The maximum absolute atomic E-state index is 12.7. The highest BCUT2D eigenvalue weighted by atomic mass is 127. The number of hydrazone groups is 1. The fourth-order valence-corrected chi connectivity index (χ4v) is 3.13. The average molecular weight is 507 g/mol. The maximum atomic E-state index is 12.7. The topological polar surface area (TPSA) is 93.8 Å². The Morgan fingerprint density at radius 2 is 2.07 bits per heavy atom. The van der Waals surface area contributed by atoms with Crippen molar-refractivity contribution in [3.05, 3.63) is 66.8 Å². The van der Waals surface area contributed by atoms with Crippen LogP contribution < -0.4 is 10.2 Å². The molecule has 28 heavy (non-hydrogen) atoms. The number of rotatable bonds is 6. The molecular formula is C17H13F3IN3O4. The minimum atomic E-state index is -4.50. The molecule has 2 rings (SSSR count). The van der Waals surface area contributed by atoms with Gasteiger partial charge in [0, 0.05) is 11.6 Å². The summed E-state index contributed by atoms with van der Waals surface area (Å²) in [6.07, 6.45) is -3.61. The number of nitro groups is 1. The van der Waals surface area contributed by atoms with Crippen LogP contribution in [-0.4, -0.2) is 24.2 Å². The Bertz CT molecular complexity index is 932. The quantitative estimate of drug-likeness (QED) is 0.278. The number of carbonyl (C=O) groups is 1. The molecule has 11 heteroatoms. The smallest absolute Gasteiger partial charge is 0.416 e. The fourth-order valence-electron chi connectivity index (χ4n) is 2.27. The summed E-state index contributed by atoms with van der Waals surface area (Å²) in [5.74, 6) is -0.524. The highest BCUT2D eigenvalue weighted by molar-refractivity contribution is 14.1. The molecule has 148 valence electrons. The largest absolute Gasteiger partial charge is 0.489 e. The lowest BCUT2D eigenvalue weighted by Gasteiger charge is -2.08. The number of nitrogens with one attached hydrogen (secondary N) is 1. The molecule has 0 aliphatic heterocycles. The zero-order chi connectivity index (χ0) is 20.9. The molecule has 2 aromatic rings. The van der Waals surface area contributed by atoms with E-state index < -0.39 is 22.6 Å². The summed E-state index contributed by atoms with van der Waals surface area (Å²) >= 11 is 1.86. The van der Waals surface area contributed by atoms with Crippen molar-refractivity contribution in [2.45, 2.75) is 12.6 Å². The van der Waals surface area contributed by atoms with Crippen molar-refractivity contribution in [1.82, 2.24) is 5.43 Å². The standard InChI is InChI=1S/C17H13F3IN3O4/c1-28-16-13(21)6-11(7-14(16)24(26)27)9-22-23-15(25)8-10-3-2-4-12(5-10)17(18,19)20/h2-7,9H,8H2,1H3,(H,23,25)/b22-9-. The number of methoxy groups -OCH3 is 1. The molecule has 0 atom stereocenters. The maximum Gasteiger partial charge on any atom is 0.416 e. The van der Waals surface area contributed by atoms with Gasteiger partial charge in [0.2, 0.25) is 11.7 Å². The summed E-state index contributed by atoms with van der Waals surface area (Å²) in [5.41, 5.74) is 1.60. The van der Waals surface area contributed by atoms with Crippen molar-refractivity contribution >= 4 is 40.4 Å². The van der Waals surface area contributed by atoms with E-state index in [9.17, 15) is 28.1 Å². The Morgan fingerprint density at radius 3 is 2.68 bits per heavy atom. The first-order chi connectivity index (χ1) is 13.1. The second-order valence-electron chi connectivity index (χ2n) is 5.48. The van der Waals surface area contributed by atoms with Crippen LogP contribution in [0.15, 0.2) is 41.5 Å². The molecule has 0 aromatic heterocycles. The molecule has 1 amide bonds. The first-order valence-corrected chi connectivity index (χ1v) is 8.69. The van der Waals surface area contributed by atoms with Crippen molar-refractivity contribution in [3.63, 3.8) is 0 Å². The molecule has 0 radical (unpaired) electrons. The molecule has 0 saturated carbocycles. The number of hydrogen-bond acceptors (Lipinski definition) is 5. The second kappa shape index (κ2) is 8.99. The molecule has 0 unspecified atom stereocenters. The monoisotopic (exact) mass is 507 g/mol. The Hall–Kier alpha value is -2.70. The molecule has 0 bridgehead atoms. The minimum absolute atomic E-state index is 0.108. The normalized spacial score (nSPS) is 11.5. The van der Waals surface area contributed by atoms with Crippen LogP contribution in [0.4, 0.5) is 18.9 Å². The van der Waals surface area contributed by atoms with Crippen molar-refractivity contribution in [2.24, 2.45) is 5.10 Å². The molecule has 0 aliphatic carbocycles. The van der Waals surface area contributed by atoms with Crippen LogP contribution in [0.3, 0.4) is 0 Å². The molecule has 0 fully saturated rings. The van der Waals surface area contributed by atoms with Gasteiger partial charge in [0.05, 0.1) is 33.8 Å². The van der Waals surface area contributed by atoms with Gasteiger partial charge in [0.25, 0.3) is 0 Å². The number of benzene rings is 2. The third kappa shape index (κ3) is 5.65. The predicted molar refractivity (Wildman–Crippen MR) is 103 cm³/mol. The molecule has 0 aliphatic rings. The number of halogens is 4. The van der Waals surface area contributed by atoms with E-state index in [-0.39, 0.29) is 23.4 Å². The summed E-state index contributed by atoms with van der Waals surface area (Å²) in [6, 6.07) is 7.20. The Labute approximate surface area is 170 Å². The van der Waals surface area contributed by atoms with Gasteiger partial charge in [-0.1, -0.05) is 18.2 Å². The Morgan fingerprint density at radius 1 is 1.36 bits per heavy atom. The summed E-state index contributed by atoms with van der Waals surface area (Å²) in [4.78, 5) is 22.4. The minimum Gasteiger partial charge on any atom is -0.489 e. The van der Waals surface area contributed by atoms with E-state index in [2.05, 4.69) is 10.5 Å². The molecule has 0 spiro atoms. The number of ether oxygens (including phenoxy) is 1. The van der Waals surface area contributed by atoms with Gasteiger partial charge in [-0.3, -0.25) is 14.9 Å². The van der Waals surface area contributed by atoms with Crippen LogP contribution in [-0.2, 0) is 17.4 Å². The van der Waals surface area contributed by atoms with Crippen LogP contribution in [0.2, 0.25) is 0 Å². The van der Waals surface area contributed by atoms with Crippen LogP contribution >= 0.6 is 22.6 Å². The molecule has 0 heterocycles. The number of alkyl halides is 3. The van der Waals surface area contributed by atoms with Crippen molar-refractivity contribution in [1.29, 1.82) is 0 Å². The third-order valence-electron chi connectivity index (χ3n) is 3.47. The highest BCUT2D eigenvalue weighted by Gasteiger charge is 2.30. The number of carbonyl (C=O) groups excluding carboxylic acids is 1. The fraction of sp³-hybridized carbons (Fsp3) is 0.176. The van der Waals surface area contributed by atoms with Crippen molar-refractivity contribution in [3.8, 4) is 5.75 Å². The average Bonchev–Trinajstić information content (AvgIpc) is 2.60. The SMILES string of the molecule is COc1c(I)cc(/C=N\NC(=O)Cc2cccc(C(F)(F)F)c2)cc1[N+](=O)[O-]. The predicted octanol–water partition coefficient (Wildman–Crippen LogP) is 3.92. The van der Waals surface area contributed by atoms with Gasteiger partial charge in [0.1, 0.15) is 0 Å². The van der Waals surface area contributed by atoms with Gasteiger partial charge < -0.3 is 4.74 Å². The first kappa shape index (κ1) is 21.6. The molecule has 7 nitrogen and oxygen atoms in total. The van der Waals surface area contributed by atoms with Crippen LogP contribution in [0.5, 0.6) is 5.75 Å². The zero-order valence-corrected chi connectivity index (χ0v) is 16.4. The van der Waals surface area contributed by atoms with E-state index in [1.807, 2.05) is 22.6 Å². The number of nitrogens with zero attached hydrogens (tertiary/aromatic N) is 2. The summed E-state index contributed by atoms with van der Waals surface area (Å²) in [6.45, 7) is 0. The van der Waals surface area contributed by atoms with E-state index in [0.29, 0.717) is 9.13 Å². The van der Waals surface area contributed by atoms with E-state index in [4.69, 9.17) is 4.74 Å². The Kier molecular flexibility index (Phi) is 6.94. The molecular weight excluding hydrogens is 494 g/mol. The number of nitro benzene ring substituents is 1. The van der Waals surface area contributed by atoms with Crippen LogP contribution in [0, 0.1) is 13.7 Å². The lowest BCUT2D eigenvalue weighted by molar-refractivity contribution is -0.385. The van der Waals surface area contributed by atoms with Gasteiger partial charge in [-0.05, 0) is 40.3 Å². The molecule has 2 aromatic carbocycles. The van der Waals surface area contributed by atoms with E-state index >= 15 is 0 Å². The highest BCUT2D eigenvalue weighted by Crippen LogP contribution is 2.33. The Balaban J connectivity index is 2.07. The van der Waals surface area contributed by atoms with Gasteiger partial charge in [-0.2, -0.15) is 18.3 Å². The van der Waals surface area contributed by atoms with Crippen LogP contribution in [0.1, 0.15) is 16.7 Å². The number of hydrogen-bond donors (Lipinski definition) is 1. The van der Waals surface area contributed by atoms with Gasteiger partial charge in [0.15, 0.2) is 0 Å². The third-order valence-corrected chi connectivity index (χ3v) is 4.27. The molecule has 1 N–H and O–H groups in total. The van der Waals surface area contributed by atoms with Crippen molar-refractivity contribution < 1.29 is 27.6 Å². The summed E-state index contributed by atoms with van der Waals surface area (Å²) in [5, 5.41) is 14.8. The number of amides is 1. The van der Waals surface area contributed by atoms with E-state index in [0.717, 1.165) is 12.1 Å². The zero-order valence-electron chi connectivity index (χ0n) is 14.3. The van der Waals surface area contributed by atoms with Crippen LogP contribution in [0.25, 0.3) is 0 Å². The second-order valence-corrected chi connectivity index (χ2v) is 6.64. The van der Waals surface area contributed by atoms with Gasteiger partial charge in [-0.15, -0.1) is 0 Å². The van der Waals surface area contributed by atoms with E-state index in [1.165, 1.54) is 31.5 Å². The van der Waals surface area contributed by atoms with Crippen molar-refractivity contribution in [2.75, 3.05) is 7.11 Å². The van der Waals surface area contributed by atoms with Gasteiger partial charge in [-0.25, -0.2) is 5.43 Å². The van der Waals surface area contributed by atoms with Gasteiger partial charge >= 0.3 is 11.9 Å². The lowest BCUT2D eigenvalue weighted by atomic mass is 10.1. The lowest BCUT2D eigenvalue weighted by Crippen LogP contribution is -2.20. The molecule has 0 saturated heterocycles.